The van der Waals surface area contributed by atoms with E-state index in [9.17, 15) is 4.79 Å². The number of aromatic nitrogens is 2. The number of hydrogen-bond donors (Lipinski definition) is 1. The molecule has 0 unspecified atom stereocenters. The van der Waals surface area contributed by atoms with Gasteiger partial charge in [0.15, 0.2) is 0 Å². The van der Waals surface area contributed by atoms with Crippen molar-refractivity contribution in [3.63, 3.8) is 0 Å². The molecule has 0 spiro atoms. The maximum absolute atomic E-state index is 12.2. The van der Waals surface area contributed by atoms with Crippen LogP contribution in [0.15, 0.2) is 30.3 Å². The van der Waals surface area contributed by atoms with Crippen molar-refractivity contribution in [2.75, 3.05) is 0 Å². The van der Waals surface area contributed by atoms with E-state index in [1.807, 2.05) is 25.1 Å². The predicted octanol–water partition coefficient (Wildman–Crippen LogP) is 3.60. The minimum atomic E-state index is 0.0389. The fraction of sp³-hybridized carbons (Fsp3) is 0.294. The van der Waals surface area contributed by atoms with Crippen LogP contribution in [0.5, 0.6) is 0 Å². The summed E-state index contributed by atoms with van der Waals surface area (Å²) >= 11 is 1.51. The van der Waals surface area contributed by atoms with E-state index in [1.54, 1.807) is 0 Å². The van der Waals surface area contributed by atoms with Crippen molar-refractivity contribution in [3.8, 4) is 5.00 Å². The van der Waals surface area contributed by atoms with E-state index in [0.717, 1.165) is 39.6 Å². The zero-order chi connectivity index (χ0) is 15.3. The molecule has 0 bridgehead atoms. The standard InChI is InChI=1S/C17H17N3OS/c1-10-3-6-13-14(9-10)20(11(2)18-13)16-8-7-15(22-16)17(21)19-12-4-5-12/h3,6-9,12H,4-5H2,1-2H3,(H,19,21). The molecule has 1 N–H and O–H groups in total. The summed E-state index contributed by atoms with van der Waals surface area (Å²) in [6, 6.07) is 10.5. The number of carbonyl (C=O) groups excluding carboxylic acids is 1. The number of benzene rings is 1. The first-order valence-electron chi connectivity index (χ1n) is 7.48. The highest BCUT2D eigenvalue weighted by atomic mass is 32.1. The van der Waals surface area contributed by atoms with Crippen LogP contribution < -0.4 is 5.32 Å². The molecule has 0 radical (unpaired) electrons. The smallest absolute Gasteiger partial charge is 0.261 e. The zero-order valence-electron chi connectivity index (χ0n) is 12.6. The molecule has 2 aromatic heterocycles. The second-order valence-electron chi connectivity index (χ2n) is 5.87. The maximum Gasteiger partial charge on any atom is 0.261 e. The van der Waals surface area contributed by atoms with Crippen LogP contribution in [0.3, 0.4) is 0 Å². The Morgan fingerprint density at radius 3 is 2.86 bits per heavy atom. The molecule has 3 aromatic rings. The molecule has 4 nitrogen and oxygen atoms in total. The van der Waals surface area contributed by atoms with Crippen molar-refractivity contribution in [3.05, 3.63) is 46.6 Å². The number of amides is 1. The minimum Gasteiger partial charge on any atom is -0.349 e. The number of carbonyl (C=O) groups is 1. The fourth-order valence-corrected chi connectivity index (χ4v) is 3.61. The Balaban J connectivity index is 1.75. The Morgan fingerprint density at radius 2 is 2.09 bits per heavy atom. The first kappa shape index (κ1) is 13.5. The van der Waals surface area contributed by atoms with Crippen LogP contribution in [-0.4, -0.2) is 21.5 Å². The summed E-state index contributed by atoms with van der Waals surface area (Å²) in [5, 5.41) is 4.07. The van der Waals surface area contributed by atoms with Gasteiger partial charge >= 0.3 is 0 Å². The fourth-order valence-electron chi connectivity index (χ4n) is 2.64. The lowest BCUT2D eigenvalue weighted by atomic mass is 10.2. The first-order valence-corrected chi connectivity index (χ1v) is 8.30. The van der Waals surface area contributed by atoms with Crippen LogP contribution >= 0.6 is 11.3 Å². The molecular formula is C17H17N3OS. The number of imidazole rings is 1. The number of rotatable bonds is 3. The van der Waals surface area contributed by atoms with Gasteiger partial charge in [-0.1, -0.05) is 6.07 Å². The van der Waals surface area contributed by atoms with Crippen molar-refractivity contribution in [2.24, 2.45) is 0 Å². The predicted molar refractivity (Wildman–Crippen MR) is 88.9 cm³/mol. The SMILES string of the molecule is Cc1ccc2nc(C)n(-c3ccc(C(=O)NC4CC4)s3)c2c1. The van der Waals surface area contributed by atoms with Crippen LogP contribution in [0.4, 0.5) is 0 Å². The summed E-state index contributed by atoms with van der Waals surface area (Å²) < 4.78 is 2.13. The van der Waals surface area contributed by atoms with Gasteiger partial charge in [0.1, 0.15) is 10.8 Å². The highest BCUT2D eigenvalue weighted by molar-refractivity contribution is 7.16. The minimum absolute atomic E-state index is 0.0389. The summed E-state index contributed by atoms with van der Waals surface area (Å²) in [5.74, 6) is 0.980. The number of hydrogen-bond acceptors (Lipinski definition) is 3. The Hall–Kier alpha value is -2.14. The van der Waals surface area contributed by atoms with E-state index in [1.165, 1.54) is 16.9 Å². The maximum atomic E-state index is 12.2. The lowest BCUT2D eigenvalue weighted by molar-refractivity contribution is 0.0955. The highest BCUT2D eigenvalue weighted by Gasteiger charge is 2.24. The van der Waals surface area contributed by atoms with Crippen LogP contribution in [0.1, 0.15) is 33.9 Å². The molecule has 0 aliphatic heterocycles. The van der Waals surface area contributed by atoms with Gasteiger partial charge in [0.25, 0.3) is 5.91 Å². The largest absolute Gasteiger partial charge is 0.349 e. The number of nitrogens with zero attached hydrogens (tertiary/aromatic N) is 2. The molecule has 2 heterocycles. The summed E-state index contributed by atoms with van der Waals surface area (Å²) in [5.41, 5.74) is 3.28. The van der Waals surface area contributed by atoms with Crippen LogP contribution in [0, 0.1) is 13.8 Å². The molecule has 1 aromatic carbocycles. The third-order valence-electron chi connectivity index (χ3n) is 3.93. The van der Waals surface area contributed by atoms with E-state index >= 15 is 0 Å². The third-order valence-corrected chi connectivity index (χ3v) is 5.00. The van der Waals surface area contributed by atoms with Gasteiger partial charge in [0.2, 0.25) is 0 Å². The summed E-state index contributed by atoms with van der Waals surface area (Å²) in [6.45, 7) is 4.08. The van der Waals surface area contributed by atoms with Gasteiger partial charge in [-0.2, -0.15) is 0 Å². The summed E-state index contributed by atoms with van der Waals surface area (Å²) in [7, 11) is 0. The molecule has 1 fully saturated rings. The van der Waals surface area contributed by atoms with E-state index in [4.69, 9.17) is 0 Å². The lowest BCUT2D eigenvalue weighted by Gasteiger charge is -2.04. The van der Waals surface area contributed by atoms with Crippen molar-refractivity contribution >= 4 is 28.3 Å². The van der Waals surface area contributed by atoms with Gasteiger partial charge in [-0.05, 0) is 56.5 Å². The second-order valence-corrected chi connectivity index (χ2v) is 6.93. The number of nitrogens with one attached hydrogen (secondary N) is 1. The third kappa shape index (κ3) is 2.31. The summed E-state index contributed by atoms with van der Waals surface area (Å²) in [4.78, 5) is 17.5. The van der Waals surface area contributed by atoms with E-state index in [2.05, 4.69) is 33.9 Å². The Kier molecular flexibility index (Phi) is 3.04. The van der Waals surface area contributed by atoms with E-state index < -0.39 is 0 Å². The molecule has 1 aliphatic rings. The Bertz CT molecular complexity index is 873. The summed E-state index contributed by atoms with van der Waals surface area (Å²) in [6.07, 6.45) is 2.21. The van der Waals surface area contributed by atoms with E-state index in [-0.39, 0.29) is 5.91 Å². The molecule has 1 aliphatic carbocycles. The molecule has 22 heavy (non-hydrogen) atoms. The number of fused-ring (bicyclic) bond motifs is 1. The van der Waals surface area contributed by atoms with Crippen molar-refractivity contribution in [1.29, 1.82) is 0 Å². The van der Waals surface area contributed by atoms with Crippen LogP contribution in [0.25, 0.3) is 16.0 Å². The molecule has 5 heteroatoms. The molecule has 1 saturated carbocycles. The van der Waals surface area contributed by atoms with Gasteiger partial charge < -0.3 is 5.32 Å². The van der Waals surface area contributed by atoms with Crippen molar-refractivity contribution < 1.29 is 4.79 Å². The number of aryl methyl sites for hydroxylation is 2. The Labute approximate surface area is 132 Å². The van der Waals surface area contributed by atoms with Crippen molar-refractivity contribution in [2.45, 2.75) is 32.7 Å². The Morgan fingerprint density at radius 1 is 1.27 bits per heavy atom. The molecular weight excluding hydrogens is 294 g/mol. The van der Waals surface area contributed by atoms with Crippen LogP contribution in [0.2, 0.25) is 0 Å². The average molecular weight is 311 g/mol. The van der Waals surface area contributed by atoms with Gasteiger partial charge in [0.05, 0.1) is 15.9 Å². The molecule has 112 valence electrons. The van der Waals surface area contributed by atoms with Gasteiger partial charge in [-0.3, -0.25) is 9.36 Å². The van der Waals surface area contributed by atoms with Crippen molar-refractivity contribution in [1.82, 2.24) is 14.9 Å². The molecule has 0 saturated heterocycles. The highest BCUT2D eigenvalue weighted by Crippen LogP contribution is 2.28. The topological polar surface area (TPSA) is 46.9 Å². The monoisotopic (exact) mass is 311 g/mol. The molecule has 1 amide bonds. The van der Waals surface area contributed by atoms with Crippen LogP contribution in [-0.2, 0) is 0 Å². The molecule has 4 rings (SSSR count). The number of thiophene rings is 1. The second kappa shape index (κ2) is 4.95. The first-order chi connectivity index (χ1) is 10.6. The molecule has 0 atom stereocenters. The normalized spacial score (nSPS) is 14.5. The zero-order valence-corrected chi connectivity index (χ0v) is 13.4. The lowest BCUT2D eigenvalue weighted by Crippen LogP contribution is -2.24. The van der Waals surface area contributed by atoms with Gasteiger partial charge in [0, 0.05) is 6.04 Å². The quantitative estimate of drug-likeness (QED) is 0.803. The average Bonchev–Trinajstić information content (AvgIpc) is 3.05. The van der Waals surface area contributed by atoms with E-state index in [0.29, 0.717) is 6.04 Å². The van der Waals surface area contributed by atoms with Gasteiger partial charge in [-0.25, -0.2) is 4.98 Å². The van der Waals surface area contributed by atoms with Gasteiger partial charge in [-0.15, -0.1) is 11.3 Å².